The summed E-state index contributed by atoms with van der Waals surface area (Å²) < 4.78 is 0. The predicted octanol–water partition coefficient (Wildman–Crippen LogP) is 4.81. The van der Waals surface area contributed by atoms with Crippen molar-refractivity contribution >= 4 is 23.2 Å². The highest BCUT2D eigenvalue weighted by atomic mass is 16.2. The quantitative estimate of drug-likeness (QED) is 0.828. The Kier molecular flexibility index (Phi) is 5.64. The molecule has 0 aliphatic carbocycles. The summed E-state index contributed by atoms with van der Waals surface area (Å²) in [6.45, 7) is 8.72. The summed E-state index contributed by atoms with van der Waals surface area (Å²) in [6.07, 6.45) is 1.27. The second kappa shape index (κ2) is 7.95. The van der Waals surface area contributed by atoms with E-state index in [2.05, 4.69) is 25.2 Å². The molecule has 2 aromatic rings. The molecule has 0 saturated carbocycles. The van der Waals surface area contributed by atoms with Crippen molar-refractivity contribution in [1.82, 2.24) is 0 Å². The average molecular weight is 364 g/mol. The highest BCUT2D eigenvalue weighted by Crippen LogP contribution is 2.34. The third-order valence-electron chi connectivity index (χ3n) is 5.60. The number of nitrogens with zero attached hydrogens (tertiary/aromatic N) is 1. The van der Waals surface area contributed by atoms with Crippen molar-refractivity contribution in [2.24, 2.45) is 5.92 Å². The zero-order valence-corrected chi connectivity index (χ0v) is 16.6. The number of para-hydroxylation sites is 2. The first-order valence-corrected chi connectivity index (χ1v) is 9.68. The van der Waals surface area contributed by atoms with Gasteiger partial charge in [-0.25, -0.2) is 0 Å². The fourth-order valence-corrected chi connectivity index (χ4v) is 3.72. The Morgan fingerprint density at radius 2 is 1.81 bits per heavy atom. The molecule has 4 heteroatoms. The van der Waals surface area contributed by atoms with Crippen molar-refractivity contribution in [2.45, 2.75) is 46.5 Å². The monoisotopic (exact) mass is 364 g/mol. The Morgan fingerprint density at radius 1 is 1.15 bits per heavy atom. The van der Waals surface area contributed by atoms with E-state index >= 15 is 0 Å². The van der Waals surface area contributed by atoms with Crippen LogP contribution in [-0.2, 0) is 9.59 Å². The van der Waals surface area contributed by atoms with Crippen LogP contribution in [-0.4, -0.2) is 18.4 Å². The zero-order chi connectivity index (χ0) is 19.6. The minimum atomic E-state index is -0.332. The number of benzene rings is 2. The largest absolute Gasteiger partial charge is 0.325 e. The maximum atomic E-state index is 12.8. The molecule has 1 fully saturated rings. The molecule has 1 aliphatic rings. The van der Waals surface area contributed by atoms with Crippen molar-refractivity contribution in [3.63, 3.8) is 0 Å². The van der Waals surface area contributed by atoms with Crippen LogP contribution in [0.1, 0.15) is 49.3 Å². The minimum Gasteiger partial charge on any atom is -0.325 e. The molecule has 0 radical (unpaired) electrons. The van der Waals surface area contributed by atoms with Crippen molar-refractivity contribution < 1.29 is 9.59 Å². The first kappa shape index (κ1) is 19.2. The SMILES string of the molecule is CCC(C)c1ccccc1N1CC(C(=O)Nc2c(C)cccc2C)CC1=O. The van der Waals surface area contributed by atoms with Crippen molar-refractivity contribution in [3.8, 4) is 0 Å². The van der Waals surface area contributed by atoms with Crippen LogP contribution in [0.25, 0.3) is 0 Å². The Hall–Kier alpha value is -2.62. The number of nitrogens with one attached hydrogen (secondary N) is 1. The van der Waals surface area contributed by atoms with E-state index in [9.17, 15) is 9.59 Å². The second-order valence-corrected chi connectivity index (χ2v) is 7.53. The van der Waals surface area contributed by atoms with E-state index in [-0.39, 0.29) is 24.2 Å². The van der Waals surface area contributed by atoms with Crippen LogP contribution in [0.3, 0.4) is 0 Å². The predicted molar refractivity (Wildman–Crippen MR) is 110 cm³/mol. The van der Waals surface area contributed by atoms with Gasteiger partial charge in [-0.15, -0.1) is 0 Å². The molecule has 27 heavy (non-hydrogen) atoms. The lowest BCUT2D eigenvalue weighted by molar-refractivity contribution is -0.122. The van der Waals surface area contributed by atoms with E-state index < -0.39 is 0 Å². The first-order valence-electron chi connectivity index (χ1n) is 9.68. The van der Waals surface area contributed by atoms with Crippen LogP contribution < -0.4 is 10.2 Å². The lowest BCUT2D eigenvalue weighted by Gasteiger charge is -2.23. The number of rotatable bonds is 5. The molecule has 1 heterocycles. The number of anilines is 2. The Balaban J connectivity index is 1.79. The summed E-state index contributed by atoms with van der Waals surface area (Å²) in [6, 6.07) is 14.0. The fraction of sp³-hybridized carbons (Fsp3) is 0.391. The summed E-state index contributed by atoms with van der Waals surface area (Å²) in [4.78, 5) is 27.3. The smallest absolute Gasteiger partial charge is 0.229 e. The summed E-state index contributed by atoms with van der Waals surface area (Å²) in [5, 5.41) is 3.04. The minimum absolute atomic E-state index is 0.0207. The van der Waals surface area contributed by atoms with Gasteiger partial charge in [0.15, 0.2) is 0 Å². The number of hydrogen-bond donors (Lipinski definition) is 1. The van der Waals surface area contributed by atoms with Crippen LogP contribution in [0, 0.1) is 19.8 Å². The Morgan fingerprint density at radius 3 is 2.48 bits per heavy atom. The van der Waals surface area contributed by atoms with Crippen LogP contribution in [0.2, 0.25) is 0 Å². The van der Waals surface area contributed by atoms with E-state index in [1.807, 2.05) is 50.2 Å². The maximum Gasteiger partial charge on any atom is 0.229 e. The summed E-state index contributed by atoms with van der Waals surface area (Å²) >= 11 is 0. The standard InChI is InChI=1S/C23H28N2O2/c1-5-15(2)19-11-6-7-12-20(19)25-14-18(13-21(25)26)23(27)24-22-16(3)9-8-10-17(22)4/h6-12,15,18H,5,13-14H2,1-4H3,(H,24,27). The molecule has 142 valence electrons. The molecule has 1 N–H and O–H groups in total. The van der Waals surface area contributed by atoms with Crippen LogP contribution in [0.5, 0.6) is 0 Å². The molecule has 2 atom stereocenters. The Labute approximate surface area is 161 Å². The van der Waals surface area contributed by atoms with Gasteiger partial charge in [0.2, 0.25) is 11.8 Å². The molecule has 4 nitrogen and oxygen atoms in total. The van der Waals surface area contributed by atoms with Gasteiger partial charge in [0.1, 0.15) is 0 Å². The van der Waals surface area contributed by atoms with Crippen LogP contribution in [0.4, 0.5) is 11.4 Å². The van der Waals surface area contributed by atoms with E-state index in [1.54, 1.807) is 4.90 Å². The first-order chi connectivity index (χ1) is 12.9. The fourth-order valence-electron chi connectivity index (χ4n) is 3.72. The highest BCUT2D eigenvalue weighted by molar-refractivity contribution is 6.04. The van der Waals surface area contributed by atoms with Gasteiger partial charge >= 0.3 is 0 Å². The molecular weight excluding hydrogens is 336 g/mol. The second-order valence-electron chi connectivity index (χ2n) is 7.53. The molecule has 1 saturated heterocycles. The van der Waals surface area contributed by atoms with E-state index in [0.29, 0.717) is 12.5 Å². The van der Waals surface area contributed by atoms with Crippen LogP contribution >= 0.6 is 0 Å². The van der Waals surface area contributed by atoms with Gasteiger partial charge < -0.3 is 10.2 Å². The number of hydrogen-bond acceptors (Lipinski definition) is 2. The lowest BCUT2D eigenvalue weighted by atomic mass is 9.96. The molecule has 0 bridgehead atoms. The average Bonchev–Trinajstić information content (AvgIpc) is 3.05. The van der Waals surface area contributed by atoms with Crippen molar-refractivity contribution in [2.75, 3.05) is 16.8 Å². The van der Waals surface area contributed by atoms with Crippen LogP contribution in [0.15, 0.2) is 42.5 Å². The summed E-state index contributed by atoms with van der Waals surface area (Å²) in [5.74, 6) is -0.0188. The molecule has 0 aromatic heterocycles. The molecule has 0 spiro atoms. The molecule has 2 unspecified atom stereocenters. The summed E-state index contributed by atoms with van der Waals surface area (Å²) in [5.41, 5.74) is 5.04. The van der Waals surface area contributed by atoms with Crippen molar-refractivity contribution in [1.29, 1.82) is 0 Å². The Bertz CT molecular complexity index is 839. The number of aryl methyl sites for hydroxylation is 2. The van der Waals surface area contributed by atoms with E-state index in [1.165, 1.54) is 5.56 Å². The normalized spacial score (nSPS) is 17.9. The number of carbonyl (C=O) groups excluding carboxylic acids is 2. The highest BCUT2D eigenvalue weighted by Gasteiger charge is 2.36. The molecule has 3 rings (SSSR count). The zero-order valence-electron chi connectivity index (χ0n) is 16.6. The van der Waals surface area contributed by atoms with E-state index in [4.69, 9.17) is 0 Å². The van der Waals surface area contributed by atoms with E-state index in [0.717, 1.165) is 28.9 Å². The van der Waals surface area contributed by atoms with Gasteiger partial charge in [0.05, 0.1) is 5.92 Å². The molecule has 2 aromatic carbocycles. The third kappa shape index (κ3) is 3.90. The van der Waals surface area contributed by atoms with Gasteiger partial charge in [0.25, 0.3) is 0 Å². The summed E-state index contributed by atoms with van der Waals surface area (Å²) in [7, 11) is 0. The topological polar surface area (TPSA) is 49.4 Å². The molecule has 2 amide bonds. The lowest BCUT2D eigenvalue weighted by Crippen LogP contribution is -2.29. The molecule has 1 aliphatic heterocycles. The third-order valence-corrected chi connectivity index (χ3v) is 5.60. The van der Waals surface area contributed by atoms with Gasteiger partial charge in [-0.2, -0.15) is 0 Å². The maximum absolute atomic E-state index is 12.8. The van der Waals surface area contributed by atoms with Gasteiger partial charge in [-0.05, 0) is 48.9 Å². The van der Waals surface area contributed by atoms with Crippen molar-refractivity contribution in [3.05, 3.63) is 59.2 Å². The van der Waals surface area contributed by atoms with Gasteiger partial charge in [-0.3, -0.25) is 9.59 Å². The number of amides is 2. The van der Waals surface area contributed by atoms with Gasteiger partial charge in [-0.1, -0.05) is 50.2 Å². The van der Waals surface area contributed by atoms with Gasteiger partial charge in [0, 0.05) is 24.3 Å². The number of carbonyl (C=O) groups is 2. The molecular formula is C23H28N2O2.